The van der Waals surface area contributed by atoms with Crippen LogP contribution in [0.1, 0.15) is 65.2 Å². The molecule has 2 aliphatic rings. The molecule has 0 aromatic carbocycles. The van der Waals surface area contributed by atoms with Crippen molar-refractivity contribution in [2.24, 2.45) is 5.92 Å². The smallest absolute Gasteiger partial charge is 0.0589 e. The van der Waals surface area contributed by atoms with Gasteiger partial charge in [-0.25, -0.2) is 0 Å². The SMILES string of the molecule is CCCC1CC(NC2CCCC(C)C2)CCO1. The van der Waals surface area contributed by atoms with Gasteiger partial charge in [-0.3, -0.25) is 0 Å². The van der Waals surface area contributed by atoms with Crippen LogP contribution in [0.4, 0.5) is 0 Å². The number of hydrogen-bond acceptors (Lipinski definition) is 2. The fraction of sp³-hybridized carbons (Fsp3) is 1.00. The second-order valence-corrected chi connectivity index (χ2v) is 6.14. The van der Waals surface area contributed by atoms with Crippen LogP contribution in [0.2, 0.25) is 0 Å². The van der Waals surface area contributed by atoms with E-state index in [0.717, 1.165) is 24.6 Å². The zero-order valence-electron chi connectivity index (χ0n) is 11.6. The Morgan fingerprint density at radius 2 is 1.94 bits per heavy atom. The van der Waals surface area contributed by atoms with Gasteiger partial charge >= 0.3 is 0 Å². The molecule has 1 N–H and O–H groups in total. The minimum Gasteiger partial charge on any atom is -0.378 e. The lowest BCUT2D eigenvalue weighted by molar-refractivity contribution is -0.00617. The molecule has 0 aromatic rings. The van der Waals surface area contributed by atoms with Gasteiger partial charge in [0.2, 0.25) is 0 Å². The molecule has 4 unspecified atom stereocenters. The molecule has 100 valence electrons. The van der Waals surface area contributed by atoms with E-state index in [-0.39, 0.29) is 0 Å². The third-order valence-corrected chi connectivity index (χ3v) is 4.39. The monoisotopic (exact) mass is 239 g/mol. The molecule has 1 heterocycles. The van der Waals surface area contributed by atoms with Crippen LogP contribution in [0, 0.1) is 5.92 Å². The Labute approximate surface area is 107 Å². The summed E-state index contributed by atoms with van der Waals surface area (Å²) in [4.78, 5) is 0. The van der Waals surface area contributed by atoms with Gasteiger partial charge in [0.1, 0.15) is 0 Å². The van der Waals surface area contributed by atoms with E-state index in [9.17, 15) is 0 Å². The van der Waals surface area contributed by atoms with Gasteiger partial charge in [-0.15, -0.1) is 0 Å². The first kappa shape index (κ1) is 13.4. The summed E-state index contributed by atoms with van der Waals surface area (Å²) >= 11 is 0. The zero-order valence-corrected chi connectivity index (χ0v) is 11.6. The topological polar surface area (TPSA) is 21.3 Å². The van der Waals surface area contributed by atoms with E-state index < -0.39 is 0 Å². The van der Waals surface area contributed by atoms with Crippen LogP contribution < -0.4 is 5.32 Å². The average Bonchev–Trinajstić information content (AvgIpc) is 2.30. The molecule has 0 amide bonds. The molecule has 0 bridgehead atoms. The summed E-state index contributed by atoms with van der Waals surface area (Å²) < 4.78 is 5.82. The first-order valence-electron chi connectivity index (χ1n) is 7.65. The Morgan fingerprint density at radius 1 is 1.12 bits per heavy atom. The van der Waals surface area contributed by atoms with Crippen molar-refractivity contribution in [3.8, 4) is 0 Å². The van der Waals surface area contributed by atoms with Gasteiger partial charge in [0.25, 0.3) is 0 Å². The van der Waals surface area contributed by atoms with Crippen molar-refractivity contribution in [2.45, 2.75) is 83.4 Å². The number of hydrogen-bond donors (Lipinski definition) is 1. The van der Waals surface area contributed by atoms with Gasteiger partial charge in [0.15, 0.2) is 0 Å². The number of ether oxygens (including phenoxy) is 1. The third kappa shape index (κ3) is 4.26. The minimum atomic E-state index is 0.521. The summed E-state index contributed by atoms with van der Waals surface area (Å²) in [7, 11) is 0. The predicted molar refractivity (Wildman–Crippen MR) is 72.2 cm³/mol. The van der Waals surface area contributed by atoms with E-state index in [1.54, 1.807) is 0 Å². The van der Waals surface area contributed by atoms with Crippen molar-refractivity contribution in [1.29, 1.82) is 0 Å². The van der Waals surface area contributed by atoms with Crippen molar-refractivity contribution in [3.05, 3.63) is 0 Å². The van der Waals surface area contributed by atoms with E-state index in [1.165, 1.54) is 51.4 Å². The standard InChI is InChI=1S/C15H29NO/c1-3-5-15-11-14(8-9-17-15)16-13-7-4-6-12(2)10-13/h12-16H,3-11H2,1-2H3. The molecular weight excluding hydrogens is 210 g/mol. The normalized spacial score (nSPS) is 39.2. The number of rotatable bonds is 4. The van der Waals surface area contributed by atoms with Crippen LogP contribution in [-0.4, -0.2) is 24.8 Å². The maximum atomic E-state index is 5.82. The van der Waals surface area contributed by atoms with Crippen LogP contribution >= 0.6 is 0 Å². The van der Waals surface area contributed by atoms with Crippen molar-refractivity contribution >= 4 is 0 Å². The van der Waals surface area contributed by atoms with Crippen molar-refractivity contribution in [2.75, 3.05) is 6.61 Å². The number of nitrogens with one attached hydrogen (secondary N) is 1. The third-order valence-electron chi connectivity index (χ3n) is 4.39. The van der Waals surface area contributed by atoms with Gasteiger partial charge in [-0.1, -0.05) is 33.1 Å². The van der Waals surface area contributed by atoms with Crippen molar-refractivity contribution in [1.82, 2.24) is 5.32 Å². The second-order valence-electron chi connectivity index (χ2n) is 6.14. The molecule has 2 nitrogen and oxygen atoms in total. The lowest BCUT2D eigenvalue weighted by Crippen LogP contribution is -2.45. The highest BCUT2D eigenvalue weighted by atomic mass is 16.5. The van der Waals surface area contributed by atoms with Crippen molar-refractivity contribution in [3.63, 3.8) is 0 Å². The van der Waals surface area contributed by atoms with Crippen molar-refractivity contribution < 1.29 is 4.74 Å². The Hall–Kier alpha value is -0.0800. The summed E-state index contributed by atoms with van der Waals surface area (Å²) in [6.45, 7) is 5.62. The summed E-state index contributed by atoms with van der Waals surface area (Å²) in [6, 6.07) is 1.50. The van der Waals surface area contributed by atoms with Gasteiger partial charge in [0.05, 0.1) is 6.10 Å². The van der Waals surface area contributed by atoms with Crippen LogP contribution in [0.3, 0.4) is 0 Å². The van der Waals surface area contributed by atoms with E-state index >= 15 is 0 Å². The lowest BCUT2D eigenvalue weighted by Gasteiger charge is -2.35. The van der Waals surface area contributed by atoms with E-state index in [0.29, 0.717) is 6.10 Å². The molecular formula is C15H29NO. The Balaban J connectivity index is 1.74. The molecule has 1 aliphatic heterocycles. The molecule has 1 saturated heterocycles. The van der Waals surface area contributed by atoms with Gasteiger partial charge in [0, 0.05) is 18.7 Å². The van der Waals surface area contributed by atoms with Crippen LogP contribution in [0.15, 0.2) is 0 Å². The maximum absolute atomic E-state index is 5.82. The average molecular weight is 239 g/mol. The van der Waals surface area contributed by atoms with Gasteiger partial charge < -0.3 is 10.1 Å². The zero-order chi connectivity index (χ0) is 12.1. The molecule has 0 spiro atoms. The second kappa shape index (κ2) is 6.75. The summed E-state index contributed by atoms with van der Waals surface area (Å²) in [5.74, 6) is 0.924. The molecule has 4 atom stereocenters. The Bertz CT molecular complexity index is 217. The molecule has 1 saturated carbocycles. The summed E-state index contributed by atoms with van der Waals surface area (Å²) in [6.07, 6.45) is 11.1. The molecule has 2 fully saturated rings. The highest BCUT2D eigenvalue weighted by Gasteiger charge is 2.26. The molecule has 0 radical (unpaired) electrons. The van der Waals surface area contributed by atoms with Gasteiger partial charge in [-0.05, 0) is 38.0 Å². The van der Waals surface area contributed by atoms with Crippen LogP contribution in [0.25, 0.3) is 0 Å². The maximum Gasteiger partial charge on any atom is 0.0589 e. The Kier molecular flexibility index (Phi) is 5.30. The Morgan fingerprint density at radius 3 is 2.71 bits per heavy atom. The van der Waals surface area contributed by atoms with E-state index in [1.807, 2.05) is 0 Å². The quantitative estimate of drug-likeness (QED) is 0.810. The van der Waals surface area contributed by atoms with E-state index in [2.05, 4.69) is 19.2 Å². The minimum absolute atomic E-state index is 0.521. The lowest BCUT2D eigenvalue weighted by atomic mass is 9.86. The molecule has 1 aliphatic carbocycles. The van der Waals surface area contributed by atoms with Crippen LogP contribution in [0.5, 0.6) is 0 Å². The molecule has 2 rings (SSSR count). The summed E-state index contributed by atoms with van der Waals surface area (Å²) in [5, 5.41) is 3.90. The first-order valence-corrected chi connectivity index (χ1v) is 7.65. The highest BCUT2D eigenvalue weighted by Crippen LogP contribution is 2.25. The first-order chi connectivity index (χ1) is 8.28. The van der Waals surface area contributed by atoms with E-state index in [4.69, 9.17) is 4.74 Å². The fourth-order valence-corrected chi connectivity index (χ4v) is 3.47. The predicted octanol–water partition coefficient (Wildman–Crippen LogP) is 3.50. The highest BCUT2D eigenvalue weighted by molar-refractivity contribution is 4.83. The molecule has 17 heavy (non-hydrogen) atoms. The molecule has 0 aromatic heterocycles. The van der Waals surface area contributed by atoms with Gasteiger partial charge in [-0.2, -0.15) is 0 Å². The molecule has 2 heteroatoms. The summed E-state index contributed by atoms with van der Waals surface area (Å²) in [5.41, 5.74) is 0. The largest absolute Gasteiger partial charge is 0.378 e. The fourth-order valence-electron chi connectivity index (χ4n) is 3.47. The van der Waals surface area contributed by atoms with Crippen LogP contribution in [-0.2, 0) is 4.74 Å².